The molecule has 1 aliphatic rings. The van der Waals surface area contributed by atoms with Gasteiger partial charge >= 0.3 is 0 Å². The summed E-state index contributed by atoms with van der Waals surface area (Å²) in [5, 5.41) is 0.270. The summed E-state index contributed by atoms with van der Waals surface area (Å²) in [5.41, 5.74) is 3.33. The summed E-state index contributed by atoms with van der Waals surface area (Å²) < 4.78 is 0. The summed E-state index contributed by atoms with van der Waals surface area (Å²) in [5.74, 6) is -0.335. The number of hydrogen-bond acceptors (Lipinski definition) is 3. The maximum absolute atomic E-state index is 12.6. The summed E-state index contributed by atoms with van der Waals surface area (Å²) >= 11 is 5.38. The Morgan fingerprint density at radius 3 is 1.42 bits per heavy atom. The van der Waals surface area contributed by atoms with Crippen molar-refractivity contribution in [2.45, 2.75) is 13.8 Å². The molecule has 2 amide bonds. The SMILES string of the molecule is Cc1ccc(C(=O)N2CCN(C(=O)c3ccc(C)cc3)C2=S)cc1. The number of benzene rings is 2. The highest BCUT2D eigenvalue weighted by molar-refractivity contribution is 7.80. The lowest BCUT2D eigenvalue weighted by atomic mass is 10.1. The predicted molar refractivity (Wildman–Crippen MR) is 97.0 cm³/mol. The van der Waals surface area contributed by atoms with Gasteiger partial charge in [0.05, 0.1) is 0 Å². The van der Waals surface area contributed by atoms with Crippen molar-refractivity contribution in [3.8, 4) is 0 Å². The van der Waals surface area contributed by atoms with Crippen LogP contribution in [0.5, 0.6) is 0 Å². The monoisotopic (exact) mass is 338 g/mol. The second kappa shape index (κ2) is 6.53. The minimum Gasteiger partial charge on any atom is -0.283 e. The normalized spacial score (nSPS) is 14.2. The fourth-order valence-corrected chi connectivity index (χ4v) is 2.97. The molecule has 1 aliphatic heterocycles. The third-order valence-electron chi connectivity index (χ3n) is 4.10. The number of carbonyl (C=O) groups is 2. The average Bonchev–Trinajstić information content (AvgIpc) is 2.96. The Kier molecular flexibility index (Phi) is 4.44. The van der Waals surface area contributed by atoms with E-state index in [0.29, 0.717) is 24.2 Å². The molecule has 2 aromatic rings. The molecular weight excluding hydrogens is 320 g/mol. The van der Waals surface area contributed by atoms with Gasteiger partial charge in [-0.05, 0) is 50.3 Å². The zero-order valence-corrected chi connectivity index (χ0v) is 14.5. The molecule has 0 aliphatic carbocycles. The van der Waals surface area contributed by atoms with Gasteiger partial charge in [-0.2, -0.15) is 0 Å². The molecule has 24 heavy (non-hydrogen) atoms. The molecule has 0 spiro atoms. The first-order valence-corrected chi connectivity index (χ1v) is 8.19. The number of carbonyl (C=O) groups excluding carboxylic acids is 2. The predicted octanol–water partition coefficient (Wildman–Crippen LogP) is 3.19. The van der Waals surface area contributed by atoms with Crippen LogP contribution in [0.3, 0.4) is 0 Å². The zero-order chi connectivity index (χ0) is 17.3. The Hall–Kier alpha value is -2.53. The van der Waals surface area contributed by atoms with Crippen molar-refractivity contribution in [2.24, 2.45) is 0 Å². The fraction of sp³-hybridized carbons (Fsp3) is 0.211. The largest absolute Gasteiger partial charge is 0.283 e. The van der Waals surface area contributed by atoms with Gasteiger partial charge in [-0.15, -0.1) is 0 Å². The van der Waals surface area contributed by atoms with Crippen molar-refractivity contribution in [3.63, 3.8) is 0 Å². The molecular formula is C19H18N2O2S. The maximum atomic E-state index is 12.6. The topological polar surface area (TPSA) is 40.6 Å². The number of hydrogen-bond donors (Lipinski definition) is 0. The first-order chi connectivity index (χ1) is 11.5. The Bertz CT molecular complexity index is 730. The molecule has 1 heterocycles. The van der Waals surface area contributed by atoms with Gasteiger partial charge in [0.15, 0.2) is 5.11 Å². The van der Waals surface area contributed by atoms with Crippen molar-refractivity contribution in [3.05, 3.63) is 70.8 Å². The van der Waals surface area contributed by atoms with Crippen molar-refractivity contribution < 1.29 is 9.59 Å². The molecule has 1 saturated heterocycles. The van der Waals surface area contributed by atoms with Crippen molar-refractivity contribution in [1.82, 2.24) is 9.80 Å². The number of thiocarbonyl (C=S) groups is 1. The lowest BCUT2D eigenvalue weighted by molar-refractivity contribution is 0.0857. The zero-order valence-electron chi connectivity index (χ0n) is 13.7. The van der Waals surface area contributed by atoms with Gasteiger partial charge in [0.2, 0.25) is 0 Å². The summed E-state index contributed by atoms with van der Waals surface area (Å²) in [6.45, 7) is 4.78. The first-order valence-electron chi connectivity index (χ1n) is 7.78. The lowest BCUT2D eigenvalue weighted by Crippen LogP contribution is -2.38. The Balaban J connectivity index is 1.77. The van der Waals surface area contributed by atoms with E-state index in [9.17, 15) is 9.59 Å². The highest BCUT2D eigenvalue weighted by atomic mass is 32.1. The van der Waals surface area contributed by atoms with E-state index in [1.807, 2.05) is 38.1 Å². The van der Waals surface area contributed by atoms with Crippen LogP contribution in [0.15, 0.2) is 48.5 Å². The lowest BCUT2D eigenvalue weighted by Gasteiger charge is -2.19. The standard InChI is InChI=1S/C19H18N2O2S/c1-13-3-7-15(8-4-13)17(22)20-11-12-21(19(20)24)18(23)16-9-5-14(2)6-10-16/h3-10H,11-12H2,1-2H3. The summed E-state index contributed by atoms with van der Waals surface area (Å²) in [4.78, 5) is 28.2. The summed E-state index contributed by atoms with van der Waals surface area (Å²) in [6.07, 6.45) is 0. The first kappa shape index (κ1) is 16.3. The van der Waals surface area contributed by atoms with Gasteiger partial charge in [-0.3, -0.25) is 19.4 Å². The molecule has 0 atom stereocenters. The van der Waals surface area contributed by atoms with Crippen LogP contribution in [0.1, 0.15) is 31.8 Å². The molecule has 0 N–H and O–H groups in total. The minimum absolute atomic E-state index is 0.167. The molecule has 0 saturated carbocycles. The molecule has 5 heteroatoms. The molecule has 122 valence electrons. The molecule has 4 nitrogen and oxygen atoms in total. The van der Waals surface area contributed by atoms with Crippen LogP contribution >= 0.6 is 12.2 Å². The molecule has 1 fully saturated rings. The molecule has 0 aromatic heterocycles. The van der Waals surface area contributed by atoms with Crippen LogP contribution in [0.4, 0.5) is 0 Å². The Morgan fingerprint density at radius 2 is 1.08 bits per heavy atom. The molecule has 3 rings (SSSR count). The van der Waals surface area contributed by atoms with Gasteiger partial charge < -0.3 is 0 Å². The van der Waals surface area contributed by atoms with Gasteiger partial charge in [0.1, 0.15) is 0 Å². The van der Waals surface area contributed by atoms with Crippen molar-refractivity contribution in [1.29, 1.82) is 0 Å². The number of aryl methyl sites for hydroxylation is 2. The highest BCUT2D eigenvalue weighted by Gasteiger charge is 2.34. The van der Waals surface area contributed by atoms with E-state index >= 15 is 0 Å². The van der Waals surface area contributed by atoms with Crippen molar-refractivity contribution >= 4 is 29.1 Å². The summed E-state index contributed by atoms with van der Waals surface area (Å²) in [7, 11) is 0. The second-order valence-electron chi connectivity index (χ2n) is 5.93. The molecule has 0 radical (unpaired) electrons. The van der Waals surface area contributed by atoms with Crippen LogP contribution in [0.25, 0.3) is 0 Å². The molecule has 2 aromatic carbocycles. The molecule has 0 unspecified atom stereocenters. The van der Waals surface area contributed by atoms with Gasteiger partial charge in [0.25, 0.3) is 11.8 Å². The average molecular weight is 338 g/mol. The van der Waals surface area contributed by atoms with Crippen LogP contribution in [0.2, 0.25) is 0 Å². The smallest absolute Gasteiger partial charge is 0.260 e. The van der Waals surface area contributed by atoms with E-state index in [4.69, 9.17) is 12.2 Å². The van der Waals surface area contributed by atoms with E-state index in [0.717, 1.165) is 11.1 Å². The van der Waals surface area contributed by atoms with E-state index < -0.39 is 0 Å². The number of amides is 2. The van der Waals surface area contributed by atoms with Crippen LogP contribution < -0.4 is 0 Å². The van der Waals surface area contributed by atoms with E-state index in [-0.39, 0.29) is 16.9 Å². The second-order valence-corrected chi connectivity index (χ2v) is 6.29. The maximum Gasteiger partial charge on any atom is 0.260 e. The minimum atomic E-state index is -0.167. The quantitative estimate of drug-likeness (QED) is 0.790. The van der Waals surface area contributed by atoms with E-state index in [2.05, 4.69) is 0 Å². The van der Waals surface area contributed by atoms with Crippen molar-refractivity contribution in [2.75, 3.05) is 13.1 Å². The Labute approximate surface area is 146 Å². The summed E-state index contributed by atoms with van der Waals surface area (Å²) in [6, 6.07) is 14.7. The van der Waals surface area contributed by atoms with Gasteiger partial charge in [0, 0.05) is 24.2 Å². The fourth-order valence-electron chi connectivity index (χ4n) is 2.62. The molecule has 0 bridgehead atoms. The van der Waals surface area contributed by atoms with Crippen LogP contribution in [-0.4, -0.2) is 39.8 Å². The third kappa shape index (κ3) is 3.08. The van der Waals surface area contributed by atoms with E-state index in [1.54, 1.807) is 24.3 Å². The Morgan fingerprint density at radius 1 is 0.750 bits per heavy atom. The van der Waals surface area contributed by atoms with Crippen LogP contribution in [0, 0.1) is 13.8 Å². The van der Waals surface area contributed by atoms with E-state index in [1.165, 1.54) is 9.80 Å². The van der Waals surface area contributed by atoms with Gasteiger partial charge in [-0.1, -0.05) is 35.4 Å². The van der Waals surface area contributed by atoms with Crippen LogP contribution in [-0.2, 0) is 0 Å². The van der Waals surface area contributed by atoms with Gasteiger partial charge in [-0.25, -0.2) is 0 Å². The number of rotatable bonds is 2. The third-order valence-corrected chi connectivity index (χ3v) is 4.54. The highest BCUT2D eigenvalue weighted by Crippen LogP contribution is 2.17. The number of nitrogens with zero attached hydrogens (tertiary/aromatic N) is 2.